The van der Waals surface area contributed by atoms with Gasteiger partial charge < -0.3 is 25.2 Å². The Balaban J connectivity index is 1.45. The van der Waals surface area contributed by atoms with Gasteiger partial charge >= 0.3 is 0 Å². The van der Waals surface area contributed by atoms with Gasteiger partial charge in [-0.05, 0) is 30.3 Å². The van der Waals surface area contributed by atoms with Crippen LogP contribution in [0.15, 0.2) is 59.7 Å². The van der Waals surface area contributed by atoms with Crippen LogP contribution in [0.25, 0.3) is 16.9 Å². The molecule has 5 rings (SSSR count). The lowest BCUT2D eigenvalue weighted by atomic mass is 10.2. The SMILES string of the molecule is CNc1cccc(-n2c(=O)cnc3cnc(Nc4ccc(N5CCN(C(C)=O)CC5)cc4OC)nc32)c1. The Morgan fingerprint density at radius 2 is 1.81 bits per heavy atom. The number of carbonyl (C=O) groups excluding carboxylic acids is 1. The van der Waals surface area contributed by atoms with Crippen LogP contribution in [0.2, 0.25) is 0 Å². The molecule has 0 unspecified atom stereocenters. The van der Waals surface area contributed by atoms with Crippen LogP contribution in [0.1, 0.15) is 6.92 Å². The zero-order valence-corrected chi connectivity index (χ0v) is 20.9. The molecule has 0 bridgehead atoms. The number of hydrogen-bond donors (Lipinski definition) is 2. The van der Waals surface area contributed by atoms with Gasteiger partial charge in [-0.15, -0.1) is 0 Å². The zero-order chi connectivity index (χ0) is 25.9. The van der Waals surface area contributed by atoms with Crippen LogP contribution in [-0.2, 0) is 4.79 Å². The first-order valence-corrected chi connectivity index (χ1v) is 12.0. The molecule has 0 aliphatic carbocycles. The molecule has 1 saturated heterocycles. The fraction of sp³-hybridized carbons (Fsp3) is 0.269. The minimum absolute atomic E-state index is 0.0996. The number of hydrogen-bond acceptors (Lipinski definition) is 9. The van der Waals surface area contributed by atoms with Crippen LogP contribution >= 0.6 is 0 Å². The Hall–Kier alpha value is -4.67. The topological polar surface area (TPSA) is 118 Å². The van der Waals surface area contributed by atoms with Crippen molar-refractivity contribution >= 4 is 40.1 Å². The third-order valence-electron chi connectivity index (χ3n) is 6.41. The van der Waals surface area contributed by atoms with Gasteiger partial charge in [0.15, 0.2) is 5.65 Å². The van der Waals surface area contributed by atoms with Crippen molar-refractivity contribution in [2.24, 2.45) is 0 Å². The van der Waals surface area contributed by atoms with E-state index in [1.807, 2.05) is 54.4 Å². The molecule has 37 heavy (non-hydrogen) atoms. The van der Waals surface area contributed by atoms with Gasteiger partial charge in [0.25, 0.3) is 5.56 Å². The molecule has 0 saturated carbocycles. The third kappa shape index (κ3) is 4.88. The second-order valence-electron chi connectivity index (χ2n) is 8.64. The lowest BCUT2D eigenvalue weighted by molar-refractivity contribution is -0.129. The Labute approximate surface area is 213 Å². The van der Waals surface area contributed by atoms with E-state index in [1.54, 1.807) is 20.2 Å². The molecule has 0 radical (unpaired) electrons. The molecule has 11 heteroatoms. The highest BCUT2D eigenvalue weighted by Crippen LogP contribution is 2.32. The second kappa shape index (κ2) is 10.1. The van der Waals surface area contributed by atoms with Crippen molar-refractivity contribution in [3.63, 3.8) is 0 Å². The van der Waals surface area contributed by atoms with E-state index in [4.69, 9.17) is 4.74 Å². The summed E-state index contributed by atoms with van der Waals surface area (Å²) in [4.78, 5) is 41.8. The maximum Gasteiger partial charge on any atom is 0.275 e. The predicted molar refractivity (Wildman–Crippen MR) is 143 cm³/mol. The van der Waals surface area contributed by atoms with Gasteiger partial charge in [0.05, 0.1) is 30.9 Å². The standard InChI is InChI=1S/C26H28N8O3/c1-17(35)32-9-11-33(12-10-32)19-7-8-21(23(14-19)37-3)30-26-29-15-22-25(31-26)34(24(36)16-28-22)20-6-4-5-18(13-20)27-2/h4-8,13-16,27H,9-12H2,1-3H3,(H,29,30,31). The number of carbonyl (C=O) groups is 1. The highest BCUT2D eigenvalue weighted by Gasteiger charge is 2.20. The minimum atomic E-state index is -0.294. The van der Waals surface area contributed by atoms with Gasteiger partial charge in [-0.2, -0.15) is 4.98 Å². The highest BCUT2D eigenvalue weighted by atomic mass is 16.5. The van der Waals surface area contributed by atoms with Crippen molar-refractivity contribution in [3.05, 3.63) is 65.2 Å². The summed E-state index contributed by atoms with van der Waals surface area (Å²) in [7, 11) is 3.43. The van der Waals surface area contributed by atoms with Crippen LogP contribution < -0.4 is 25.8 Å². The number of benzene rings is 2. The maximum atomic E-state index is 12.8. The van der Waals surface area contributed by atoms with Crippen molar-refractivity contribution in [2.45, 2.75) is 6.92 Å². The summed E-state index contributed by atoms with van der Waals surface area (Å²) in [6, 6.07) is 13.4. The summed E-state index contributed by atoms with van der Waals surface area (Å²) < 4.78 is 7.16. The minimum Gasteiger partial charge on any atom is -0.494 e. The van der Waals surface area contributed by atoms with Crippen LogP contribution in [0, 0.1) is 0 Å². The lowest BCUT2D eigenvalue weighted by Gasteiger charge is -2.35. The fourth-order valence-electron chi connectivity index (χ4n) is 4.40. The summed E-state index contributed by atoms with van der Waals surface area (Å²) in [5.74, 6) is 1.03. The van der Waals surface area contributed by atoms with Gasteiger partial charge in [0.1, 0.15) is 11.3 Å². The Bertz CT molecular complexity index is 1510. The van der Waals surface area contributed by atoms with E-state index in [0.717, 1.165) is 24.5 Å². The molecule has 2 aromatic heterocycles. The first-order chi connectivity index (χ1) is 18.0. The van der Waals surface area contributed by atoms with Gasteiger partial charge in [-0.1, -0.05) is 6.07 Å². The van der Waals surface area contributed by atoms with E-state index in [0.29, 0.717) is 47.3 Å². The van der Waals surface area contributed by atoms with E-state index in [9.17, 15) is 9.59 Å². The van der Waals surface area contributed by atoms with E-state index in [2.05, 4.69) is 30.5 Å². The zero-order valence-electron chi connectivity index (χ0n) is 20.9. The van der Waals surface area contributed by atoms with Crippen molar-refractivity contribution in [1.29, 1.82) is 0 Å². The van der Waals surface area contributed by atoms with E-state index in [1.165, 1.54) is 10.8 Å². The van der Waals surface area contributed by atoms with Crippen molar-refractivity contribution in [2.75, 3.05) is 55.9 Å². The number of nitrogens with zero attached hydrogens (tertiary/aromatic N) is 6. The average Bonchev–Trinajstić information content (AvgIpc) is 2.93. The first kappa shape index (κ1) is 24.0. The van der Waals surface area contributed by atoms with E-state index < -0.39 is 0 Å². The number of anilines is 4. The third-order valence-corrected chi connectivity index (χ3v) is 6.41. The smallest absolute Gasteiger partial charge is 0.275 e. The predicted octanol–water partition coefficient (Wildman–Crippen LogP) is 2.64. The highest BCUT2D eigenvalue weighted by molar-refractivity contribution is 5.75. The second-order valence-corrected chi connectivity index (χ2v) is 8.64. The number of ether oxygens (including phenoxy) is 1. The Morgan fingerprint density at radius 3 is 2.54 bits per heavy atom. The fourth-order valence-corrected chi connectivity index (χ4v) is 4.40. The van der Waals surface area contributed by atoms with E-state index >= 15 is 0 Å². The Morgan fingerprint density at radius 1 is 1.00 bits per heavy atom. The van der Waals surface area contributed by atoms with Gasteiger partial charge in [-0.3, -0.25) is 14.2 Å². The van der Waals surface area contributed by atoms with Crippen molar-refractivity contribution in [3.8, 4) is 11.4 Å². The van der Waals surface area contributed by atoms with Crippen LogP contribution in [0.4, 0.5) is 23.0 Å². The van der Waals surface area contributed by atoms with Crippen molar-refractivity contribution < 1.29 is 9.53 Å². The number of piperazine rings is 1. The van der Waals surface area contributed by atoms with Crippen LogP contribution in [-0.4, -0.2) is 70.7 Å². The Kier molecular flexibility index (Phi) is 6.59. The molecule has 190 valence electrons. The number of aromatic nitrogens is 4. The summed E-state index contributed by atoms with van der Waals surface area (Å²) >= 11 is 0. The molecule has 0 atom stereocenters. The summed E-state index contributed by atoms with van der Waals surface area (Å²) in [5.41, 5.74) is 3.81. The first-order valence-electron chi connectivity index (χ1n) is 12.0. The van der Waals surface area contributed by atoms with Gasteiger partial charge in [0.2, 0.25) is 11.9 Å². The lowest BCUT2D eigenvalue weighted by Crippen LogP contribution is -2.48. The molecule has 2 aromatic carbocycles. The molecule has 0 spiro atoms. The van der Waals surface area contributed by atoms with E-state index in [-0.39, 0.29) is 11.5 Å². The van der Waals surface area contributed by atoms with Gasteiger partial charge in [-0.25, -0.2) is 9.97 Å². The number of nitrogens with one attached hydrogen (secondary N) is 2. The molecule has 1 fully saturated rings. The van der Waals surface area contributed by atoms with Crippen molar-refractivity contribution in [1.82, 2.24) is 24.4 Å². The number of rotatable bonds is 6. The largest absolute Gasteiger partial charge is 0.494 e. The number of fused-ring (bicyclic) bond motifs is 1. The molecule has 1 amide bonds. The number of methoxy groups -OCH3 is 1. The molecule has 11 nitrogen and oxygen atoms in total. The molecule has 4 aromatic rings. The molecule has 1 aliphatic heterocycles. The summed E-state index contributed by atoms with van der Waals surface area (Å²) in [6.45, 7) is 4.49. The summed E-state index contributed by atoms with van der Waals surface area (Å²) in [6.07, 6.45) is 2.85. The quantitative estimate of drug-likeness (QED) is 0.412. The molecular formula is C26H28N8O3. The average molecular weight is 501 g/mol. The van der Waals surface area contributed by atoms with Gasteiger partial charge in [0, 0.05) is 57.6 Å². The monoisotopic (exact) mass is 500 g/mol. The molecule has 2 N–H and O–H groups in total. The van der Waals surface area contributed by atoms with Crippen LogP contribution in [0.5, 0.6) is 5.75 Å². The normalized spacial score (nSPS) is 13.5. The molecule has 1 aliphatic rings. The maximum absolute atomic E-state index is 12.8. The molecule has 3 heterocycles. The summed E-state index contributed by atoms with van der Waals surface area (Å²) in [5, 5.41) is 6.30. The van der Waals surface area contributed by atoms with Crippen LogP contribution in [0.3, 0.4) is 0 Å². The molecular weight excluding hydrogens is 472 g/mol. The number of amides is 1.